The van der Waals surface area contributed by atoms with Crippen LogP contribution in [0.1, 0.15) is 22.6 Å². The van der Waals surface area contributed by atoms with Gasteiger partial charge in [0.25, 0.3) is 0 Å². The van der Waals surface area contributed by atoms with E-state index in [1.807, 2.05) is 109 Å². The molecular formula is C29H23N3O2S. The Hall–Kier alpha value is -4.29. The fourth-order valence-corrected chi connectivity index (χ4v) is 4.13. The van der Waals surface area contributed by atoms with Gasteiger partial charge in [0.1, 0.15) is 5.52 Å². The minimum atomic E-state index is -0.451. The summed E-state index contributed by atoms with van der Waals surface area (Å²) < 4.78 is 5.84. The highest BCUT2D eigenvalue weighted by atomic mass is 32.1. The first-order chi connectivity index (χ1) is 17.2. The van der Waals surface area contributed by atoms with E-state index in [-0.39, 0.29) is 11.0 Å². The van der Waals surface area contributed by atoms with Crippen LogP contribution < -0.4 is 10.6 Å². The maximum absolute atomic E-state index is 13.2. The van der Waals surface area contributed by atoms with Crippen molar-refractivity contribution in [3.8, 4) is 11.5 Å². The van der Waals surface area contributed by atoms with Gasteiger partial charge in [0.15, 0.2) is 10.7 Å². The summed E-state index contributed by atoms with van der Waals surface area (Å²) in [7, 11) is 0. The van der Waals surface area contributed by atoms with Gasteiger partial charge in [-0.25, -0.2) is 4.98 Å². The monoisotopic (exact) mass is 477 g/mol. The number of carbonyl (C=O) groups excluding carboxylic acids is 1. The maximum atomic E-state index is 13.2. The van der Waals surface area contributed by atoms with E-state index in [0.717, 1.165) is 33.4 Å². The molecule has 0 atom stereocenters. The second-order valence-corrected chi connectivity index (χ2v) is 8.52. The Labute approximate surface area is 208 Å². The number of benzene rings is 4. The number of carbonyl (C=O) groups is 1. The molecule has 2 N–H and O–H groups in total. The van der Waals surface area contributed by atoms with Gasteiger partial charge < -0.3 is 15.1 Å². The van der Waals surface area contributed by atoms with E-state index in [0.29, 0.717) is 12.4 Å². The fraction of sp³-hybridized carbons (Fsp3) is 0.0690. The number of rotatable bonds is 6. The first-order valence-corrected chi connectivity index (χ1v) is 11.7. The molecule has 5 rings (SSSR count). The van der Waals surface area contributed by atoms with Gasteiger partial charge in [-0.1, -0.05) is 84.9 Å². The molecule has 5 aromatic rings. The lowest BCUT2D eigenvalue weighted by molar-refractivity contribution is -0.120. The number of nitrogens with one attached hydrogen (secondary N) is 2. The van der Waals surface area contributed by atoms with Crippen LogP contribution in [0.15, 0.2) is 114 Å². The van der Waals surface area contributed by atoms with E-state index in [2.05, 4.69) is 15.6 Å². The molecule has 0 aliphatic heterocycles. The molecule has 0 saturated heterocycles. The smallest absolute Gasteiger partial charge is 0.238 e. The van der Waals surface area contributed by atoms with Crippen molar-refractivity contribution in [2.75, 3.05) is 0 Å². The molecule has 0 spiro atoms. The first kappa shape index (κ1) is 22.5. The van der Waals surface area contributed by atoms with Crippen LogP contribution in [0.4, 0.5) is 0 Å². The molecule has 0 unspecified atom stereocenters. The first-order valence-electron chi connectivity index (χ1n) is 11.3. The number of amides is 1. The predicted octanol–water partition coefficient (Wildman–Crippen LogP) is 5.82. The van der Waals surface area contributed by atoms with Gasteiger partial charge in [-0.3, -0.25) is 4.79 Å². The minimum Gasteiger partial charge on any atom is -0.436 e. The molecule has 0 radical (unpaired) electrons. The predicted molar refractivity (Wildman–Crippen MR) is 142 cm³/mol. The Morgan fingerprint density at radius 1 is 0.800 bits per heavy atom. The van der Waals surface area contributed by atoms with Gasteiger partial charge in [-0.2, -0.15) is 0 Å². The number of nitrogens with zero attached hydrogens (tertiary/aromatic N) is 1. The van der Waals surface area contributed by atoms with Crippen LogP contribution >= 0.6 is 12.2 Å². The van der Waals surface area contributed by atoms with Crippen molar-refractivity contribution in [3.63, 3.8) is 0 Å². The average molecular weight is 478 g/mol. The quantitative estimate of drug-likeness (QED) is 0.302. The highest BCUT2D eigenvalue weighted by Crippen LogP contribution is 2.25. The summed E-state index contributed by atoms with van der Waals surface area (Å²) in [6.45, 7) is 0.480. The lowest BCUT2D eigenvalue weighted by atomic mass is 9.90. The molecule has 0 bridgehead atoms. The number of fused-ring (bicyclic) bond motifs is 1. The van der Waals surface area contributed by atoms with E-state index in [1.165, 1.54) is 0 Å². The SMILES string of the molecule is O=C(NC(=S)NCc1ccc(-c2nc3ccccc3o2)cc1)C(c1ccccc1)c1ccccc1. The van der Waals surface area contributed by atoms with Crippen LogP contribution in [0, 0.1) is 0 Å². The molecule has 172 valence electrons. The van der Waals surface area contributed by atoms with Crippen LogP contribution in [-0.4, -0.2) is 16.0 Å². The summed E-state index contributed by atoms with van der Waals surface area (Å²) in [4.78, 5) is 17.7. The third-order valence-electron chi connectivity index (χ3n) is 5.71. The van der Waals surface area contributed by atoms with E-state index in [9.17, 15) is 4.79 Å². The van der Waals surface area contributed by atoms with Gasteiger partial charge in [-0.15, -0.1) is 0 Å². The Morgan fingerprint density at radius 3 is 2.03 bits per heavy atom. The van der Waals surface area contributed by atoms with Crippen molar-refractivity contribution in [3.05, 3.63) is 126 Å². The van der Waals surface area contributed by atoms with Crippen molar-refractivity contribution in [1.29, 1.82) is 0 Å². The van der Waals surface area contributed by atoms with Gasteiger partial charge in [0.2, 0.25) is 11.8 Å². The van der Waals surface area contributed by atoms with Crippen molar-refractivity contribution in [1.82, 2.24) is 15.6 Å². The van der Waals surface area contributed by atoms with Gasteiger partial charge in [0.05, 0.1) is 5.92 Å². The van der Waals surface area contributed by atoms with Crippen molar-refractivity contribution < 1.29 is 9.21 Å². The molecule has 0 aliphatic rings. The van der Waals surface area contributed by atoms with Crippen LogP contribution in [0.2, 0.25) is 0 Å². The molecule has 1 amide bonds. The number of hydrogen-bond acceptors (Lipinski definition) is 4. The number of hydrogen-bond donors (Lipinski definition) is 2. The summed E-state index contributed by atoms with van der Waals surface area (Å²) in [5.41, 5.74) is 5.33. The molecule has 1 aromatic heterocycles. The molecule has 0 fully saturated rings. The molecule has 1 heterocycles. The van der Waals surface area contributed by atoms with E-state index >= 15 is 0 Å². The van der Waals surface area contributed by atoms with Crippen molar-refractivity contribution in [2.45, 2.75) is 12.5 Å². The zero-order chi connectivity index (χ0) is 24.0. The largest absolute Gasteiger partial charge is 0.436 e. The average Bonchev–Trinajstić information content (AvgIpc) is 3.34. The summed E-state index contributed by atoms with van der Waals surface area (Å²) in [6, 6.07) is 35.0. The number of aromatic nitrogens is 1. The lowest BCUT2D eigenvalue weighted by Gasteiger charge is -2.18. The Balaban J connectivity index is 1.22. The Morgan fingerprint density at radius 2 is 1.40 bits per heavy atom. The summed E-state index contributed by atoms with van der Waals surface area (Å²) in [5.74, 6) is -0.0414. The van der Waals surface area contributed by atoms with Crippen molar-refractivity contribution >= 4 is 34.3 Å². The Kier molecular flexibility index (Phi) is 6.63. The van der Waals surface area contributed by atoms with E-state index < -0.39 is 5.92 Å². The summed E-state index contributed by atoms with van der Waals surface area (Å²) in [5, 5.41) is 6.27. The number of oxazole rings is 1. The zero-order valence-corrected chi connectivity index (χ0v) is 19.7. The molecule has 6 heteroatoms. The molecule has 0 aliphatic carbocycles. The van der Waals surface area contributed by atoms with Gasteiger partial charge >= 0.3 is 0 Å². The van der Waals surface area contributed by atoms with Crippen LogP contribution in [0.5, 0.6) is 0 Å². The third kappa shape index (κ3) is 5.28. The third-order valence-corrected chi connectivity index (χ3v) is 5.96. The minimum absolute atomic E-state index is 0.175. The van der Waals surface area contributed by atoms with Gasteiger partial charge in [0, 0.05) is 12.1 Å². The number of para-hydroxylation sites is 2. The highest BCUT2D eigenvalue weighted by molar-refractivity contribution is 7.80. The molecular weight excluding hydrogens is 454 g/mol. The topological polar surface area (TPSA) is 67.2 Å². The zero-order valence-electron chi connectivity index (χ0n) is 18.8. The van der Waals surface area contributed by atoms with Crippen LogP contribution in [-0.2, 0) is 11.3 Å². The summed E-state index contributed by atoms with van der Waals surface area (Å²) in [6.07, 6.45) is 0. The van der Waals surface area contributed by atoms with Crippen LogP contribution in [0.25, 0.3) is 22.6 Å². The number of thiocarbonyl (C=S) groups is 1. The molecule has 4 aromatic carbocycles. The van der Waals surface area contributed by atoms with E-state index in [1.54, 1.807) is 0 Å². The van der Waals surface area contributed by atoms with Crippen molar-refractivity contribution in [2.24, 2.45) is 0 Å². The van der Waals surface area contributed by atoms with Crippen LogP contribution in [0.3, 0.4) is 0 Å². The second kappa shape index (κ2) is 10.3. The molecule has 35 heavy (non-hydrogen) atoms. The second-order valence-electron chi connectivity index (χ2n) is 8.11. The maximum Gasteiger partial charge on any atom is 0.238 e. The standard InChI is InChI=1S/C29H23N3O2S/c33-27(26(21-9-3-1-4-10-21)22-11-5-2-6-12-22)32-29(35)30-19-20-15-17-23(18-16-20)28-31-24-13-7-8-14-25(24)34-28/h1-18,26H,19H2,(H2,30,32,33,35). The highest BCUT2D eigenvalue weighted by Gasteiger charge is 2.23. The molecule has 0 saturated carbocycles. The Bertz CT molecular complexity index is 1380. The normalized spacial score (nSPS) is 10.9. The van der Waals surface area contributed by atoms with Gasteiger partial charge in [-0.05, 0) is 53.2 Å². The van der Waals surface area contributed by atoms with E-state index in [4.69, 9.17) is 16.6 Å². The molecule has 5 nitrogen and oxygen atoms in total. The lowest BCUT2D eigenvalue weighted by Crippen LogP contribution is -2.41. The summed E-state index contributed by atoms with van der Waals surface area (Å²) >= 11 is 5.42. The fourth-order valence-electron chi connectivity index (χ4n) is 3.96.